The number of nitrogens with zero attached hydrogens (tertiary/aromatic N) is 4. The quantitative estimate of drug-likeness (QED) is 0.781. The van der Waals surface area contributed by atoms with Gasteiger partial charge in [-0.1, -0.05) is 6.92 Å². The normalized spacial score (nSPS) is 21.0. The number of aromatic nitrogens is 2. The second-order valence-corrected chi connectivity index (χ2v) is 8.31. The standard InChI is InChI=1S/C19H32N6S/c1-14(2)20-19(26)23-18-21-16(24-9-5-4-6-10-24)12-17(22-18)25-11-7-8-15(3)13-25/h12,14-15H,4-11,13H2,1-3H3,(H2,20,21,22,23,26)/t15-/m1/s1. The van der Waals surface area contributed by atoms with Crippen LogP contribution in [0.5, 0.6) is 0 Å². The minimum atomic E-state index is 0.280. The molecule has 3 rings (SSSR count). The molecule has 1 aromatic rings. The highest BCUT2D eigenvalue weighted by Gasteiger charge is 2.21. The van der Waals surface area contributed by atoms with Gasteiger partial charge in [0.2, 0.25) is 5.95 Å². The van der Waals surface area contributed by atoms with Gasteiger partial charge in [-0.25, -0.2) is 0 Å². The van der Waals surface area contributed by atoms with E-state index in [1.54, 1.807) is 0 Å². The van der Waals surface area contributed by atoms with Gasteiger partial charge in [0.15, 0.2) is 5.11 Å². The van der Waals surface area contributed by atoms with Crippen molar-refractivity contribution >= 4 is 34.9 Å². The molecule has 1 aromatic heterocycles. The van der Waals surface area contributed by atoms with Crippen LogP contribution in [0.2, 0.25) is 0 Å². The molecule has 0 bridgehead atoms. The summed E-state index contributed by atoms with van der Waals surface area (Å²) in [6.45, 7) is 10.7. The smallest absolute Gasteiger partial charge is 0.232 e. The van der Waals surface area contributed by atoms with Gasteiger partial charge in [0.05, 0.1) is 0 Å². The summed E-state index contributed by atoms with van der Waals surface area (Å²) < 4.78 is 0. The molecule has 2 N–H and O–H groups in total. The van der Waals surface area contributed by atoms with Crippen molar-refractivity contribution in [2.45, 2.75) is 58.9 Å². The zero-order chi connectivity index (χ0) is 18.5. The molecule has 0 aliphatic carbocycles. The summed E-state index contributed by atoms with van der Waals surface area (Å²) in [6.07, 6.45) is 6.30. The van der Waals surface area contributed by atoms with Crippen molar-refractivity contribution < 1.29 is 0 Å². The first-order chi connectivity index (χ1) is 12.5. The molecule has 2 fully saturated rings. The Hall–Kier alpha value is -1.63. The summed E-state index contributed by atoms with van der Waals surface area (Å²) in [7, 11) is 0. The predicted octanol–water partition coefficient (Wildman–Crippen LogP) is 3.40. The minimum Gasteiger partial charge on any atom is -0.360 e. The molecule has 7 heteroatoms. The summed E-state index contributed by atoms with van der Waals surface area (Å²) in [4.78, 5) is 14.3. The Labute approximate surface area is 162 Å². The average Bonchev–Trinajstić information content (AvgIpc) is 2.61. The van der Waals surface area contributed by atoms with Crippen LogP contribution < -0.4 is 20.4 Å². The Morgan fingerprint density at radius 1 is 1.08 bits per heavy atom. The van der Waals surface area contributed by atoms with Crippen LogP contribution in [-0.4, -0.2) is 47.3 Å². The number of thiocarbonyl (C=S) groups is 1. The molecular formula is C19H32N6S. The predicted molar refractivity (Wildman–Crippen MR) is 113 cm³/mol. The molecule has 0 aromatic carbocycles. The van der Waals surface area contributed by atoms with E-state index in [-0.39, 0.29) is 6.04 Å². The van der Waals surface area contributed by atoms with E-state index in [1.165, 1.54) is 32.1 Å². The van der Waals surface area contributed by atoms with Crippen molar-refractivity contribution in [1.29, 1.82) is 0 Å². The van der Waals surface area contributed by atoms with Crippen LogP contribution in [0, 0.1) is 5.92 Å². The van der Waals surface area contributed by atoms with E-state index in [1.807, 2.05) is 0 Å². The monoisotopic (exact) mass is 376 g/mol. The maximum absolute atomic E-state index is 5.40. The van der Waals surface area contributed by atoms with Gasteiger partial charge >= 0.3 is 0 Å². The van der Waals surface area contributed by atoms with Crippen LogP contribution in [0.25, 0.3) is 0 Å². The molecule has 0 saturated carbocycles. The third-order valence-electron chi connectivity index (χ3n) is 5.01. The average molecular weight is 377 g/mol. The summed E-state index contributed by atoms with van der Waals surface area (Å²) in [5, 5.41) is 6.98. The van der Waals surface area contributed by atoms with Crippen molar-refractivity contribution in [1.82, 2.24) is 15.3 Å². The molecule has 2 aliphatic rings. The summed E-state index contributed by atoms with van der Waals surface area (Å²) in [6, 6.07) is 2.44. The topological polar surface area (TPSA) is 56.3 Å². The first kappa shape index (κ1) is 19.1. The fourth-order valence-electron chi connectivity index (χ4n) is 3.72. The van der Waals surface area contributed by atoms with Crippen molar-refractivity contribution in [2.75, 3.05) is 41.3 Å². The Morgan fingerprint density at radius 2 is 1.73 bits per heavy atom. The molecule has 1 atom stereocenters. The fraction of sp³-hybridized carbons (Fsp3) is 0.737. The molecule has 3 heterocycles. The van der Waals surface area contributed by atoms with Gasteiger partial charge in [-0.3, -0.25) is 0 Å². The number of anilines is 3. The molecule has 0 amide bonds. The number of piperidine rings is 2. The van der Waals surface area contributed by atoms with E-state index in [0.29, 0.717) is 17.0 Å². The third-order valence-corrected chi connectivity index (χ3v) is 5.23. The summed E-state index contributed by atoms with van der Waals surface area (Å²) >= 11 is 5.40. The molecule has 2 aliphatic heterocycles. The van der Waals surface area contributed by atoms with Crippen LogP contribution in [0.1, 0.15) is 52.9 Å². The van der Waals surface area contributed by atoms with Gasteiger partial charge in [-0.05, 0) is 64.1 Å². The van der Waals surface area contributed by atoms with Gasteiger partial charge in [0.25, 0.3) is 0 Å². The van der Waals surface area contributed by atoms with Crippen LogP contribution in [0.4, 0.5) is 17.6 Å². The first-order valence-corrected chi connectivity index (χ1v) is 10.4. The van der Waals surface area contributed by atoms with E-state index < -0.39 is 0 Å². The zero-order valence-corrected chi connectivity index (χ0v) is 17.1. The molecule has 0 radical (unpaired) electrons. The highest BCUT2D eigenvalue weighted by atomic mass is 32.1. The number of hydrogen-bond donors (Lipinski definition) is 2. The highest BCUT2D eigenvalue weighted by molar-refractivity contribution is 7.80. The Balaban J connectivity index is 1.84. The second-order valence-electron chi connectivity index (χ2n) is 7.90. The lowest BCUT2D eigenvalue weighted by Gasteiger charge is -2.33. The first-order valence-electron chi connectivity index (χ1n) is 9.98. The second kappa shape index (κ2) is 8.84. The van der Waals surface area contributed by atoms with Crippen molar-refractivity contribution in [3.8, 4) is 0 Å². The fourth-order valence-corrected chi connectivity index (χ4v) is 4.05. The Bertz CT molecular complexity index is 614. The van der Waals surface area contributed by atoms with Gasteiger partial charge in [0, 0.05) is 38.3 Å². The molecule has 144 valence electrons. The van der Waals surface area contributed by atoms with Crippen LogP contribution >= 0.6 is 12.2 Å². The Morgan fingerprint density at radius 3 is 2.38 bits per heavy atom. The zero-order valence-electron chi connectivity index (χ0n) is 16.3. The SMILES string of the molecule is CC(C)NC(=S)Nc1nc(N2CCCCC2)cc(N2CCC[C@@H](C)C2)n1. The van der Waals surface area contributed by atoms with Crippen molar-refractivity contribution in [2.24, 2.45) is 5.92 Å². The number of hydrogen-bond acceptors (Lipinski definition) is 5. The van der Waals surface area contributed by atoms with E-state index in [0.717, 1.165) is 37.8 Å². The number of rotatable bonds is 4. The summed E-state index contributed by atoms with van der Waals surface area (Å²) in [5.74, 6) is 3.33. The molecular weight excluding hydrogens is 344 g/mol. The van der Waals surface area contributed by atoms with E-state index in [4.69, 9.17) is 22.2 Å². The molecule has 0 unspecified atom stereocenters. The van der Waals surface area contributed by atoms with Gasteiger partial charge in [0.1, 0.15) is 11.6 Å². The largest absolute Gasteiger partial charge is 0.360 e. The van der Waals surface area contributed by atoms with Gasteiger partial charge in [-0.15, -0.1) is 0 Å². The van der Waals surface area contributed by atoms with E-state index in [9.17, 15) is 0 Å². The van der Waals surface area contributed by atoms with E-state index in [2.05, 4.69) is 47.3 Å². The maximum atomic E-state index is 5.40. The van der Waals surface area contributed by atoms with Crippen LogP contribution in [0.3, 0.4) is 0 Å². The Kier molecular flexibility index (Phi) is 6.51. The van der Waals surface area contributed by atoms with Crippen LogP contribution in [-0.2, 0) is 0 Å². The highest BCUT2D eigenvalue weighted by Crippen LogP contribution is 2.27. The lowest BCUT2D eigenvalue weighted by molar-refractivity contribution is 0.444. The van der Waals surface area contributed by atoms with Gasteiger partial charge < -0.3 is 20.4 Å². The number of nitrogens with one attached hydrogen (secondary N) is 2. The van der Waals surface area contributed by atoms with Gasteiger partial charge in [-0.2, -0.15) is 9.97 Å². The maximum Gasteiger partial charge on any atom is 0.232 e. The molecule has 2 saturated heterocycles. The molecule has 26 heavy (non-hydrogen) atoms. The van der Waals surface area contributed by atoms with Crippen molar-refractivity contribution in [3.05, 3.63) is 6.07 Å². The minimum absolute atomic E-state index is 0.280. The molecule has 0 spiro atoms. The lowest BCUT2D eigenvalue weighted by Crippen LogP contribution is -2.37. The third kappa shape index (κ3) is 5.19. The van der Waals surface area contributed by atoms with E-state index >= 15 is 0 Å². The lowest BCUT2D eigenvalue weighted by atomic mass is 10.0. The van der Waals surface area contributed by atoms with Crippen molar-refractivity contribution in [3.63, 3.8) is 0 Å². The van der Waals surface area contributed by atoms with Crippen LogP contribution in [0.15, 0.2) is 6.07 Å². The molecule has 6 nitrogen and oxygen atoms in total. The summed E-state index contributed by atoms with van der Waals surface area (Å²) in [5.41, 5.74) is 0.